The van der Waals surface area contributed by atoms with Crippen molar-refractivity contribution in [2.75, 3.05) is 18.5 Å². The maximum Gasteiger partial charge on any atom is 0.331 e. The first-order valence-corrected chi connectivity index (χ1v) is 5.80. The van der Waals surface area contributed by atoms with E-state index in [0.717, 1.165) is 4.90 Å². The van der Waals surface area contributed by atoms with Crippen LogP contribution in [0.4, 0.5) is 10.5 Å². The fourth-order valence-corrected chi connectivity index (χ4v) is 2.03. The van der Waals surface area contributed by atoms with Crippen molar-refractivity contribution in [3.05, 3.63) is 28.2 Å². The van der Waals surface area contributed by atoms with E-state index < -0.39 is 0 Å². The van der Waals surface area contributed by atoms with Gasteiger partial charge in [0.15, 0.2) is 0 Å². The Labute approximate surface area is 109 Å². The average Bonchev–Trinajstić information content (AvgIpc) is 2.30. The van der Waals surface area contributed by atoms with Crippen LogP contribution in [0, 0.1) is 0 Å². The molecule has 1 fully saturated rings. The van der Waals surface area contributed by atoms with Crippen LogP contribution in [0.2, 0.25) is 10.0 Å². The largest absolute Gasteiger partial charge is 0.331 e. The minimum absolute atomic E-state index is 0.214. The molecule has 1 aromatic rings. The van der Waals surface area contributed by atoms with Crippen LogP contribution in [0.1, 0.15) is 6.42 Å². The van der Waals surface area contributed by atoms with E-state index >= 15 is 0 Å². The molecule has 1 heterocycles. The number of anilines is 1. The van der Waals surface area contributed by atoms with E-state index in [-0.39, 0.29) is 23.4 Å². The van der Waals surface area contributed by atoms with Gasteiger partial charge in [0.2, 0.25) is 5.91 Å². The Morgan fingerprint density at radius 2 is 1.94 bits per heavy atom. The number of amides is 3. The first kappa shape index (κ1) is 12.2. The van der Waals surface area contributed by atoms with Gasteiger partial charge in [-0.25, -0.2) is 9.69 Å². The van der Waals surface area contributed by atoms with Gasteiger partial charge in [-0.05, 0) is 12.1 Å². The van der Waals surface area contributed by atoms with E-state index in [1.807, 2.05) is 0 Å². The lowest BCUT2D eigenvalue weighted by molar-refractivity contribution is -0.119. The molecular formula is C11H10Cl2N2O2. The van der Waals surface area contributed by atoms with Crippen molar-refractivity contribution in [1.82, 2.24) is 4.90 Å². The topological polar surface area (TPSA) is 40.6 Å². The Bertz CT molecular complexity index is 490. The molecule has 1 aliphatic heterocycles. The van der Waals surface area contributed by atoms with Crippen molar-refractivity contribution in [2.45, 2.75) is 6.42 Å². The molecule has 0 radical (unpaired) electrons. The van der Waals surface area contributed by atoms with Crippen molar-refractivity contribution in [3.8, 4) is 0 Å². The predicted molar refractivity (Wildman–Crippen MR) is 66.6 cm³/mol. The molecule has 4 nitrogen and oxygen atoms in total. The van der Waals surface area contributed by atoms with Crippen LogP contribution in [-0.2, 0) is 4.79 Å². The molecule has 90 valence electrons. The summed E-state index contributed by atoms with van der Waals surface area (Å²) in [4.78, 5) is 26.3. The number of hydrogen-bond acceptors (Lipinski definition) is 2. The zero-order valence-electron chi connectivity index (χ0n) is 9.11. The van der Waals surface area contributed by atoms with Crippen LogP contribution >= 0.6 is 23.2 Å². The second-order valence-corrected chi connectivity index (χ2v) is 4.54. The lowest BCUT2D eigenvalue weighted by Crippen LogP contribution is -2.51. The van der Waals surface area contributed by atoms with Crippen LogP contribution < -0.4 is 4.90 Å². The number of urea groups is 1. The molecule has 0 spiro atoms. The van der Waals surface area contributed by atoms with Crippen LogP contribution in [0.25, 0.3) is 0 Å². The van der Waals surface area contributed by atoms with E-state index in [4.69, 9.17) is 23.2 Å². The molecule has 0 saturated carbocycles. The Morgan fingerprint density at radius 1 is 1.24 bits per heavy atom. The summed E-state index contributed by atoms with van der Waals surface area (Å²) in [7, 11) is 1.64. The van der Waals surface area contributed by atoms with Crippen molar-refractivity contribution < 1.29 is 9.59 Å². The molecule has 1 aliphatic rings. The van der Waals surface area contributed by atoms with Crippen molar-refractivity contribution in [3.63, 3.8) is 0 Å². The van der Waals surface area contributed by atoms with Gasteiger partial charge in [0, 0.05) is 20.0 Å². The predicted octanol–water partition coefficient (Wildman–Crippen LogP) is 2.78. The third-order valence-corrected chi connectivity index (χ3v) is 3.41. The maximum atomic E-state index is 11.9. The van der Waals surface area contributed by atoms with Gasteiger partial charge < -0.3 is 4.90 Å². The highest BCUT2D eigenvalue weighted by molar-refractivity contribution is 6.44. The third kappa shape index (κ3) is 2.10. The number of halogens is 2. The Kier molecular flexibility index (Phi) is 3.26. The highest BCUT2D eigenvalue weighted by Crippen LogP contribution is 2.34. The molecule has 0 aromatic heterocycles. The quantitative estimate of drug-likeness (QED) is 0.789. The molecule has 0 bridgehead atoms. The number of imide groups is 1. The lowest BCUT2D eigenvalue weighted by Gasteiger charge is -2.32. The first-order valence-electron chi connectivity index (χ1n) is 5.04. The Hall–Kier alpha value is -1.26. The summed E-state index contributed by atoms with van der Waals surface area (Å²) >= 11 is 11.9. The van der Waals surface area contributed by atoms with Crippen molar-refractivity contribution >= 4 is 40.8 Å². The van der Waals surface area contributed by atoms with Gasteiger partial charge in [0.1, 0.15) is 0 Å². The van der Waals surface area contributed by atoms with Gasteiger partial charge in [-0.3, -0.25) is 4.79 Å². The minimum atomic E-state index is -0.384. The normalized spacial score (nSPS) is 16.6. The molecule has 0 unspecified atom stereocenters. The molecule has 0 aliphatic carbocycles. The number of rotatable bonds is 1. The monoisotopic (exact) mass is 272 g/mol. The second kappa shape index (κ2) is 4.55. The zero-order valence-corrected chi connectivity index (χ0v) is 10.6. The molecule has 1 saturated heterocycles. The van der Waals surface area contributed by atoms with Crippen molar-refractivity contribution in [2.24, 2.45) is 0 Å². The Morgan fingerprint density at radius 3 is 2.65 bits per heavy atom. The lowest BCUT2D eigenvalue weighted by atomic mass is 10.2. The molecule has 17 heavy (non-hydrogen) atoms. The summed E-state index contributed by atoms with van der Waals surface area (Å²) in [6, 6.07) is 4.48. The zero-order chi connectivity index (χ0) is 12.6. The van der Waals surface area contributed by atoms with Crippen LogP contribution in [0.15, 0.2) is 18.2 Å². The number of nitrogens with zero attached hydrogens (tertiary/aromatic N) is 2. The summed E-state index contributed by atoms with van der Waals surface area (Å²) in [6.45, 7) is 0.423. The molecule has 0 atom stereocenters. The van der Waals surface area contributed by atoms with Crippen LogP contribution in [0.3, 0.4) is 0 Å². The maximum absolute atomic E-state index is 11.9. The fourth-order valence-electron chi connectivity index (χ4n) is 1.65. The number of carbonyl (C=O) groups excluding carboxylic acids is 2. The number of hydrogen-bond donors (Lipinski definition) is 0. The highest BCUT2D eigenvalue weighted by atomic mass is 35.5. The Balaban J connectivity index is 2.47. The van der Waals surface area contributed by atoms with Gasteiger partial charge in [0.25, 0.3) is 0 Å². The number of carbonyl (C=O) groups is 2. The van der Waals surface area contributed by atoms with Gasteiger partial charge in [0.05, 0.1) is 15.7 Å². The average molecular weight is 273 g/mol. The summed E-state index contributed by atoms with van der Waals surface area (Å²) in [5.74, 6) is -0.266. The molecule has 2 rings (SSSR count). The molecule has 0 N–H and O–H groups in total. The summed E-state index contributed by atoms with van der Waals surface area (Å²) in [6.07, 6.45) is 0.283. The van der Waals surface area contributed by atoms with E-state index in [0.29, 0.717) is 17.3 Å². The smallest absolute Gasteiger partial charge is 0.327 e. The van der Waals surface area contributed by atoms with E-state index in [1.165, 1.54) is 4.90 Å². The van der Waals surface area contributed by atoms with Gasteiger partial charge in [-0.1, -0.05) is 29.3 Å². The molecule has 3 amide bonds. The fraction of sp³-hybridized carbons (Fsp3) is 0.273. The SMILES string of the molecule is CN1CCC(=O)N(c2cccc(Cl)c2Cl)C1=O. The first-order chi connectivity index (χ1) is 8.02. The standard InChI is InChI=1S/C11H10Cl2N2O2/c1-14-6-5-9(16)15(11(14)17)8-4-2-3-7(12)10(8)13/h2-4H,5-6H2,1H3. The van der Waals surface area contributed by atoms with Crippen molar-refractivity contribution in [1.29, 1.82) is 0 Å². The molecular weight excluding hydrogens is 263 g/mol. The van der Waals surface area contributed by atoms with E-state index in [9.17, 15) is 9.59 Å². The second-order valence-electron chi connectivity index (χ2n) is 3.76. The van der Waals surface area contributed by atoms with Gasteiger partial charge in [-0.15, -0.1) is 0 Å². The molecule has 6 heteroatoms. The highest BCUT2D eigenvalue weighted by Gasteiger charge is 2.32. The summed E-state index contributed by atoms with van der Waals surface area (Å²) in [5, 5.41) is 0.532. The summed E-state index contributed by atoms with van der Waals surface area (Å²) in [5.41, 5.74) is 0.334. The number of benzene rings is 1. The van der Waals surface area contributed by atoms with Gasteiger partial charge in [-0.2, -0.15) is 0 Å². The summed E-state index contributed by atoms with van der Waals surface area (Å²) < 4.78 is 0. The molecule has 1 aromatic carbocycles. The van der Waals surface area contributed by atoms with Crippen LogP contribution in [0.5, 0.6) is 0 Å². The minimum Gasteiger partial charge on any atom is -0.327 e. The van der Waals surface area contributed by atoms with Gasteiger partial charge >= 0.3 is 6.03 Å². The van der Waals surface area contributed by atoms with E-state index in [2.05, 4.69) is 0 Å². The third-order valence-electron chi connectivity index (χ3n) is 2.60. The van der Waals surface area contributed by atoms with Crippen LogP contribution in [-0.4, -0.2) is 30.4 Å². The van der Waals surface area contributed by atoms with E-state index in [1.54, 1.807) is 25.2 Å².